The number of carbonyl (C=O) groups excluding carboxylic acids is 1. The van der Waals surface area contributed by atoms with Gasteiger partial charge in [0.1, 0.15) is 5.75 Å². The summed E-state index contributed by atoms with van der Waals surface area (Å²) in [6, 6.07) is 4.24. The van der Waals surface area contributed by atoms with Gasteiger partial charge >= 0.3 is 5.97 Å². The maximum Gasteiger partial charge on any atom is 0.309 e. The molecule has 9 heteroatoms. The zero-order chi connectivity index (χ0) is 22.2. The molecule has 0 unspecified atom stereocenters. The highest BCUT2D eigenvalue weighted by Gasteiger charge is 2.44. The second kappa shape index (κ2) is 8.38. The monoisotopic (exact) mass is 436 g/mol. The third-order valence-corrected chi connectivity index (χ3v) is 6.27. The van der Waals surface area contributed by atoms with E-state index in [0.717, 1.165) is 48.4 Å². The van der Waals surface area contributed by atoms with Crippen LogP contribution in [0.25, 0.3) is 11.0 Å². The molecule has 2 aliphatic rings. The minimum atomic E-state index is -0.115. The lowest BCUT2D eigenvalue weighted by Crippen LogP contribution is -2.26. The Balaban J connectivity index is 1.37. The van der Waals surface area contributed by atoms with Gasteiger partial charge in [-0.25, -0.2) is 9.67 Å². The predicted molar refractivity (Wildman–Crippen MR) is 120 cm³/mol. The molecule has 1 fully saturated rings. The highest BCUT2D eigenvalue weighted by atomic mass is 16.5. The van der Waals surface area contributed by atoms with Crippen molar-refractivity contribution >= 4 is 28.6 Å². The van der Waals surface area contributed by atoms with E-state index in [1.54, 1.807) is 19.5 Å². The van der Waals surface area contributed by atoms with Gasteiger partial charge in [-0.2, -0.15) is 10.1 Å². The summed E-state index contributed by atoms with van der Waals surface area (Å²) in [4.78, 5) is 23.4. The number of ether oxygens (including phenoxy) is 2. The minimum absolute atomic E-state index is 0.0356. The van der Waals surface area contributed by atoms with E-state index in [4.69, 9.17) is 14.5 Å². The number of fused-ring (bicyclic) bond motifs is 2. The van der Waals surface area contributed by atoms with Gasteiger partial charge in [-0.1, -0.05) is 0 Å². The van der Waals surface area contributed by atoms with E-state index in [9.17, 15) is 4.79 Å². The highest BCUT2D eigenvalue weighted by Crippen LogP contribution is 2.41. The first-order valence-electron chi connectivity index (χ1n) is 11.1. The number of hydrogen-bond acceptors (Lipinski definition) is 8. The van der Waals surface area contributed by atoms with Crippen molar-refractivity contribution < 1.29 is 14.3 Å². The van der Waals surface area contributed by atoms with Crippen LogP contribution < -0.4 is 10.1 Å². The summed E-state index contributed by atoms with van der Waals surface area (Å²) in [7, 11) is 3.81. The molecular formula is C23H28N6O3. The quantitative estimate of drug-likeness (QED) is 0.565. The van der Waals surface area contributed by atoms with Crippen molar-refractivity contribution in [2.45, 2.75) is 32.9 Å². The van der Waals surface area contributed by atoms with Crippen molar-refractivity contribution in [2.24, 2.45) is 11.8 Å². The van der Waals surface area contributed by atoms with E-state index in [0.29, 0.717) is 19.1 Å². The molecule has 5 rings (SSSR count). The zero-order valence-corrected chi connectivity index (χ0v) is 18.7. The van der Waals surface area contributed by atoms with Gasteiger partial charge in [0.15, 0.2) is 5.65 Å². The molecule has 0 bridgehead atoms. The SMILES string of the molecule is CCOC(=O)[C@@H]1C[C@@H]1Cn1ncc2cnc(Nc3cc4c(cc3OC)CCN(C)C4)nc21. The van der Waals surface area contributed by atoms with Crippen molar-refractivity contribution in [1.29, 1.82) is 0 Å². The van der Waals surface area contributed by atoms with Crippen molar-refractivity contribution in [3.05, 3.63) is 35.7 Å². The molecule has 32 heavy (non-hydrogen) atoms. The molecule has 1 aliphatic heterocycles. The summed E-state index contributed by atoms with van der Waals surface area (Å²) < 4.78 is 12.6. The number of methoxy groups -OCH3 is 1. The molecule has 0 amide bonds. The first-order valence-corrected chi connectivity index (χ1v) is 11.1. The Bertz CT molecular complexity index is 1160. The molecule has 3 heterocycles. The number of esters is 1. The van der Waals surface area contributed by atoms with E-state index in [-0.39, 0.29) is 17.8 Å². The Hall–Kier alpha value is -3.20. The molecule has 2 aromatic heterocycles. The maximum atomic E-state index is 11.9. The van der Waals surface area contributed by atoms with Gasteiger partial charge in [0.05, 0.1) is 36.9 Å². The Morgan fingerprint density at radius 3 is 2.97 bits per heavy atom. The molecule has 0 saturated heterocycles. The van der Waals surface area contributed by atoms with E-state index >= 15 is 0 Å². The standard InChI is InChI=1S/C23H28N6O3/c1-4-32-22(30)18-7-16(18)13-29-21-17(11-25-29)10-24-23(27-21)26-19-8-15-12-28(2)6-5-14(15)9-20(19)31-3/h8-11,16,18H,4-7,12-13H2,1-3H3,(H,24,26,27)/t16-,18-/m1/s1. The Morgan fingerprint density at radius 2 is 2.16 bits per heavy atom. The molecule has 9 nitrogen and oxygen atoms in total. The van der Waals surface area contributed by atoms with Crippen molar-refractivity contribution in [1.82, 2.24) is 24.6 Å². The number of benzene rings is 1. The van der Waals surface area contributed by atoms with Crippen LogP contribution in [0.5, 0.6) is 5.75 Å². The normalized spacial score (nSPS) is 20.1. The number of likely N-dealkylation sites (N-methyl/N-ethyl adjacent to an activating group) is 1. The van der Waals surface area contributed by atoms with Crippen LogP contribution >= 0.6 is 0 Å². The van der Waals surface area contributed by atoms with Crippen LogP contribution in [0.4, 0.5) is 11.6 Å². The first-order chi connectivity index (χ1) is 15.6. The van der Waals surface area contributed by atoms with Crippen LogP contribution in [0, 0.1) is 11.8 Å². The van der Waals surface area contributed by atoms with Gasteiger partial charge < -0.3 is 19.7 Å². The lowest BCUT2D eigenvalue weighted by Gasteiger charge is -2.26. The number of nitrogens with one attached hydrogen (secondary N) is 1. The van der Waals surface area contributed by atoms with Gasteiger partial charge in [-0.05, 0) is 56.0 Å². The number of carbonyl (C=O) groups is 1. The Kier molecular flexibility index (Phi) is 5.42. The van der Waals surface area contributed by atoms with Crippen molar-refractivity contribution in [3.63, 3.8) is 0 Å². The summed E-state index contributed by atoms with van der Waals surface area (Å²) in [5, 5.41) is 8.66. The summed E-state index contributed by atoms with van der Waals surface area (Å²) in [5.74, 6) is 1.35. The molecule has 1 saturated carbocycles. The Morgan fingerprint density at radius 1 is 1.28 bits per heavy atom. The minimum Gasteiger partial charge on any atom is -0.495 e. The first kappa shape index (κ1) is 20.7. The van der Waals surface area contributed by atoms with Gasteiger partial charge in [0, 0.05) is 25.8 Å². The number of anilines is 2. The lowest BCUT2D eigenvalue weighted by atomic mass is 9.99. The van der Waals surface area contributed by atoms with E-state index in [2.05, 4.69) is 39.5 Å². The van der Waals surface area contributed by atoms with Crippen molar-refractivity contribution in [3.8, 4) is 5.75 Å². The highest BCUT2D eigenvalue weighted by molar-refractivity contribution is 5.77. The molecule has 1 aliphatic carbocycles. The fourth-order valence-corrected chi connectivity index (χ4v) is 4.38. The number of hydrogen-bond donors (Lipinski definition) is 1. The largest absolute Gasteiger partial charge is 0.495 e. The summed E-state index contributed by atoms with van der Waals surface area (Å²) in [6.45, 7) is 4.83. The third-order valence-electron chi connectivity index (χ3n) is 6.27. The van der Waals surface area contributed by atoms with Crippen LogP contribution in [0.3, 0.4) is 0 Å². The zero-order valence-electron chi connectivity index (χ0n) is 18.7. The van der Waals surface area contributed by atoms with Crippen LogP contribution in [-0.2, 0) is 29.0 Å². The van der Waals surface area contributed by atoms with Crippen LogP contribution in [0.1, 0.15) is 24.5 Å². The molecule has 3 aromatic rings. The summed E-state index contributed by atoms with van der Waals surface area (Å²) >= 11 is 0. The fraction of sp³-hybridized carbons (Fsp3) is 0.478. The molecule has 0 spiro atoms. The van der Waals surface area contributed by atoms with Crippen molar-refractivity contribution in [2.75, 3.05) is 32.6 Å². The van der Waals surface area contributed by atoms with E-state index < -0.39 is 0 Å². The molecule has 0 radical (unpaired) electrons. The van der Waals surface area contributed by atoms with Crippen LogP contribution in [-0.4, -0.2) is 57.9 Å². The number of nitrogens with zero attached hydrogens (tertiary/aromatic N) is 5. The Labute approximate surface area is 186 Å². The van der Waals surface area contributed by atoms with Crippen LogP contribution in [0.2, 0.25) is 0 Å². The summed E-state index contributed by atoms with van der Waals surface area (Å²) in [5.41, 5.74) is 4.19. The number of aromatic nitrogens is 4. The fourth-order valence-electron chi connectivity index (χ4n) is 4.38. The van der Waals surface area contributed by atoms with Gasteiger partial charge in [0.25, 0.3) is 0 Å². The average molecular weight is 437 g/mol. The molecule has 1 aromatic carbocycles. The topological polar surface area (TPSA) is 94.4 Å². The van der Waals surface area contributed by atoms with E-state index in [1.165, 1.54) is 11.1 Å². The number of rotatable bonds is 7. The molecular weight excluding hydrogens is 408 g/mol. The maximum absolute atomic E-state index is 11.9. The van der Waals surface area contributed by atoms with Gasteiger partial charge in [0.2, 0.25) is 5.95 Å². The van der Waals surface area contributed by atoms with E-state index in [1.807, 2.05) is 11.6 Å². The van der Waals surface area contributed by atoms with Crippen LogP contribution in [0.15, 0.2) is 24.5 Å². The second-order valence-corrected chi connectivity index (χ2v) is 8.59. The summed E-state index contributed by atoms with van der Waals surface area (Å²) in [6.07, 6.45) is 5.37. The smallest absolute Gasteiger partial charge is 0.309 e. The molecule has 2 atom stereocenters. The average Bonchev–Trinajstić information content (AvgIpc) is 3.45. The second-order valence-electron chi connectivity index (χ2n) is 8.59. The predicted octanol–water partition coefficient (Wildman–Crippen LogP) is 2.77. The van der Waals surface area contributed by atoms with Gasteiger partial charge in [-0.3, -0.25) is 4.79 Å². The van der Waals surface area contributed by atoms with Gasteiger partial charge in [-0.15, -0.1) is 0 Å². The third kappa shape index (κ3) is 4.00. The lowest BCUT2D eigenvalue weighted by molar-refractivity contribution is -0.145. The molecule has 168 valence electrons. The molecule has 1 N–H and O–H groups in total.